The lowest BCUT2D eigenvalue weighted by Gasteiger charge is -2.15. The van der Waals surface area contributed by atoms with Crippen LogP contribution >= 0.6 is 11.6 Å². The molecule has 0 saturated heterocycles. The van der Waals surface area contributed by atoms with Crippen LogP contribution in [0.2, 0.25) is 5.02 Å². The third-order valence-electron chi connectivity index (χ3n) is 1.80. The molecule has 0 amide bonds. The SMILES string of the molecule is NCCC(F)(F)c1ccc(F)c(Cl)c1. The summed E-state index contributed by atoms with van der Waals surface area (Å²) >= 11 is 5.38. The molecule has 5 heteroatoms. The van der Waals surface area contributed by atoms with Gasteiger partial charge in [-0.2, -0.15) is 0 Å². The summed E-state index contributed by atoms with van der Waals surface area (Å²) in [6, 6.07) is 2.85. The van der Waals surface area contributed by atoms with Crippen LogP contribution in [-0.4, -0.2) is 6.54 Å². The highest BCUT2D eigenvalue weighted by molar-refractivity contribution is 6.30. The Balaban J connectivity index is 3.01. The molecule has 0 radical (unpaired) electrons. The maximum absolute atomic E-state index is 13.2. The molecule has 0 fully saturated rings. The van der Waals surface area contributed by atoms with Gasteiger partial charge in [-0.25, -0.2) is 13.2 Å². The van der Waals surface area contributed by atoms with Crippen LogP contribution in [0.4, 0.5) is 13.2 Å². The Morgan fingerprint density at radius 3 is 2.50 bits per heavy atom. The van der Waals surface area contributed by atoms with Gasteiger partial charge >= 0.3 is 0 Å². The maximum Gasteiger partial charge on any atom is 0.274 e. The molecule has 0 bridgehead atoms. The number of rotatable bonds is 3. The van der Waals surface area contributed by atoms with Crippen molar-refractivity contribution in [1.82, 2.24) is 0 Å². The van der Waals surface area contributed by atoms with Crippen molar-refractivity contribution >= 4 is 11.6 Å². The molecule has 1 rings (SSSR count). The van der Waals surface area contributed by atoms with Crippen molar-refractivity contribution in [3.8, 4) is 0 Å². The van der Waals surface area contributed by atoms with Crippen LogP contribution in [0.1, 0.15) is 12.0 Å². The minimum absolute atomic E-state index is 0.137. The first kappa shape index (κ1) is 11.3. The largest absolute Gasteiger partial charge is 0.330 e. The maximum atomic E-state index is 13.2. The highest BCUT2D eigenvalue weighted by Gasteiger charge is 2.30. The normalized spacial score (nSPS) is 11.8. The van der Waals surface area contributed by atoms with E-state index in [9.17, 15) is 13.2 Å². The predicted molar refractivity (Wildman–Crippen MR) is 49.0 cm³/mol. The van der Waals surface area contributed by atoms with E-state index in [0.29, 0.717) is 0 Å². The lowest BCUT2D eigenvalue weighted by molar-refractivity contribution is -0.0107. The molecule has 0 spiro atoms. The molecule has 14 heavy (non-hydrogen) atoms. The molecule has 0 aliphatic carbocycles. The molecule has 1 aromatic rings. The van der Waals surface area contributed by atoms with Crippen molar-refractivity contribution in [3.05, 3.63) is 34.6 Å². The van der Waals surface area contributed by atoms with Gasteiger partial charge < -0.3 is 5.73 Å². The topological polar surface area (TPSA) is 26.0 Å². The summed E-state index contributed by atoms with van der Waals surface area (Å²) in [5.74, 6) is -3.76. The fourth-order valence-electron chi connectivity index (χ4n) is 1.05. The number of benzene rings is 1. The summed E-state index contributed by atoms with van der Waals surface area (Å²) in [6.07, 6.45) is -0.477. The van der Waals surface area contributed by atoms with Crippen LogP contribution in [0.25, 0.3) is 0 Å². The van der Waals surface area contributed by atoms with E-state index in [-0.39, 0.29) is 17.1 Å². The first-order valence-corrected chi connectivity index (χ1v) is 4.38. The molecule has 1 aromatic carbocycles. The average molecular weight is 224 g/mol. The van der Waals surface area contributed by atoms with Gasteiger partial charge in [-0.05, 0) is 18.7 Å². The van der Waals surface area contributed by atoms with E-state index in [4.69, 9.17) is 17.3 Å². The van der Waals surface area contributed by atoms with Gasteiger partial charge in [0, 0.05) is 12.0 Å². The van der Waals surface area contributed by atoms with Crippen LogP contribution in [0.5, 0.6) is 0 Å². The quantitative estimate of drug-likeness (QED) is 0.838. The molecule has 1 nitrogen and oxygen atoms in total. The van der Waals surface area contributed by atoms with E-state index >= 15 is 0 Å². The smallest absolute Gasteiger partial charge is 0.274 e. The molecule has 0 aliphatic heterocycles. The van der Waals surface area contributed by atoms with Gasteiger partial charge in [0.05, 0.1) is 5.02 Å². The van der Waals surface area contributed by atoms with Crippen LogP contribution in [0, 0.1) is 5.82 Å². The van der Waals surface area contributed by atoms with Gasteiger partial charge in [0.2, 0.25) is 0 Å². The third kappa shape index (κ3) is 2.39. The van der Waals surface area contributed by atoms with Gasteiger partial charge in [-0.3, -0.25) is 0 Å². The van der Waals surface area contributed by atoms with E-state index < -0.39 is 18.2 Å². The summed E-state index contributed by atoms with van der Waals surface area (Å²) in [5.41, 5.74) is 4.72. The zero-order valence-electron chi connectivity index (χ0n) is 7.24. The Morgan fingerprint density at radius 1 is 1.36 bits per heavy atom. The lowest BCUT2D eigenvalue weighted by Crippen LogP contribution is -2.18. The van der Waals surface area contributed by atoms with E-state index in [1.54, 1.807) is 0 Å². The molecule has 0 aliphatic rings. The minimum atomic E-state index is -3.05. The van der Waals surface area contributed by atoms with E-state index in [2.05, 4.69) is 0 Å². The number of alkyl halides is 2. The number of hydrogen-bond acceptors (Lipinski definition) is 1. The van der Waals surface area contributed by atoms with Crippen molar-refractivity contribution in [2.75, 3.05) is 6.54 Å². The first-order chi connectivity index (χ1) is 6.47. The molecular formula is C9H9ClF3N. The Morgan fingerprint density at radius 2 is 2.00 bits per heavy atom. The van der Waals surface area contributed by atoms with Crippen molar-refractivity contribution in [2.45, 2.75) is 12.3 Å². The number of halogens is 4. The Kier molecular flexibility index (Phi) is 3.39. The van der Waals surface area contributed by atoms with E-state index in [1.165, 1.54) is 0 Å². The highest BCUT2D eigenvalue weighted by atomic mass is 35.5. The van der Waals surface area contributed by atoms with Gasteiger partial charge in [-0.1, -0.05) is 17.7 Å². The standard InChI is InChI=1S/C9H9ClF3N/c10-7-5-6(1-2-8(7)11)9(12,13)3-4-14/h1-2,5H,3-4,14H2. The Bertz CT molecular complexity index is 328. The highest BCUT2D eigenvalue weighted by Crippen LogP contribution is 2.33. The van der Waals surface area contributed by atoms with Gasteiger partial charge in [0.15, 0.2) is 0 Å². The number of nitrogens with two attached hydrogens (primary N) is 1. The second-order valence-electron chi connectivity index (χ2n) is 2.87. The number of hydrogen-bond donors (Lipinski definition) is 1. The summed E-state index contributed by atoms with van der Waals surface area (Å²) in [4.78, 5) is 0. The van der Waals surface area contributed by atoms with Crippen molar-refractivity contribution in [2.24, 2.45) is 5.73 Å². The molecule has 0 unspecified atom stereocenters. The van der Waals surface area contributed by atoms with E-state index in [1.807, 2.05) is 0 Å². The van der Waals surface area contributed by atoms with Crippen molar-refractivity contribution < 1.29 is 13.2 Å². The Labute approximate surface area is 84.7 Å². The average Bonchev–Trinajstić information content (AvgIpc) is 2.09. The van der Waals surface area contributed by atoms with Crippen LogP contribution in [0.3, 0.4) is 0 Å². The fourth-order valence-corrected chi connectivity index (χ4v) is 1.23. The van der Waals surface area contributed by atoms with Crippen molar-refractivity contribution in [3.63, 3.8) is 0 Å². The van der Waals surface area contributed by atoms with Crippen LogP contribution in [0.15, 0.2) is 18.2 Å². The fraction of sp³-hybridized carbons (Fsp3) is 0.333. The van der Waals surface area contributed by atoms with Gasteiger partial charge in [0.1, 0.15) is 5.82 Å². The summed E-state index contributed by atoms with van der Waals surface area (Å²) < 4.78 is 39.1. The molecule has 78 valence electrons. The second-order valence-corrected chi connectivity index (χ2v) is 3.28. The zero-order chi connectivity index (χ0) is 10.8. The predicted octanol–water partition coefficient (Wildman–Crippen LogP) is 2.92. The molecule has 0 heterocycles. The molecule has 0 saturated carbocycles. The lowest BCUT2D eigenvalue weighted by atomic mass is 10.1. The minimum Gasteiger partial charge on any atom is -0.330 e. The third-order valence-corrected chi connectivity index (χ3v) is 2.09. The summed E-state index contributed by atoms with van der Waals surface area (Å²) in [6.45, 7) is -0.137. The van der Waals surface area contributed by atoms with Gasteiger partial charge in [0.25, 0.3) is 5.92 Å². The molecule has 0 atom stereocenters. The van der Waals surface area contributed by atoms with Crippen LogP contribution < -0.4 is 5.73 Å². The summed E-state index contributed by atoms with van der Waals surface area (Å²) in [7, 11) is 0. The van der Waals surface area contributed by atoms with E-state index in [0.717, 1.165) is 18.2 Å². The van der Waals surface area contributed by atoms with Gasteiger partial charge in [-0.15, -0.1) is 0 Å². The molecule has 0 aromatic heterocycles. The summed E-state index contributed by atoms with van der Waals surface area (Å²) in [5, 5.41) is -0.306. The monoisotopic (exact) mass is 223 g/mol. The molecule has 2 N–H and O–H groups in total. The van der Waals surface area contributed by atoms with Crippen molar-refractivity contribution in [1.29, 1.82) is 0 Å². The first-order valence-electron chi connectivity index (χ1n) is 4.01. The zero-order valence-corrected chi connectivity index (χ0v) is 7.99. The molecular weight excluding hydrogens is 215 g/mol. The second kappa shape index (κ2) is 4.19. The van der Waals surface area contributed by atoms with Crippen LogP contribution in [-0.2, 0) is 5.92 Å². The Hall–Kier alpha value is -0.740.